The quantitative estimate of drug-likeness (QED) is 0.197. The Kier molecular flexibility index (Phi) is 9.53. The van der Waals surface area contributed by atoms with E-state index in [1.165, 1.54) is 0 Å². The van der Waals surface area contributed by atoms with E-state index < -0.39 is 39.9 Å². The molecule has 0 atom stereocenters. The van der Waals surface area contributed by atoms with Gasteiger partial charge >= 0.3 is 15.0 Å². The summed E-state index contributed by atoms with van der Waals surface area (Å²) in [5.41, 5.74) is 0. The topological polar surface area (TPSA) is 63.2 Å². The average Bonchev–Trinajstić information content (AvgIpc) is 2.28. The minimum Gasteiger partial charge on any atom is -0.434 e. The lowest BCUT2D eigenvalue weighted by Crippen LogP contribution is -2.60. The molecule has 0 aromatic rings. The lowest BCUT2D eigenvalue weighted by molar-refractivity contribution is 0.0838. The predicted octanol–water partition coefficient (Wildman–Crippen LogP) is 5.17. The Morgan fingerprint density at radius 3 is 1.56 bits per heavy atom. The van der Waals surface area contributed by atoms with Crippen LogP contribution in [0, 0.1) is 0 Å². The first-order valence-corrected chi connectivity index (χ1v) is 20.8. The molecule has 0 aliphatic heterocycles. The number of ether oxygens (including phenoxy) is 2. The Morgan fingerprint density at radius 2 is 1.24 bits per heavy atom. The van der Waals surface area contributed by atoms with Gasteiger partial charge in [0.2, 0.25) is 0 Å². The van der Waals surface area contributed by atoms with Gasteiger partial charge in [-0.15, -0.1) is 0 Å². The van der Waals surface area contributed by atoms with Crippen LogP contribution in [0.3, 0.4) is 0 Å². The average molecular weight is 425 g/mol. The monoisotopic (exact) mass is 424 g/mol. The van der Waals surface area contributed by atoms with E-state index >= 15 is 0 Å². The van der Waals surface area contributed by atoms with Gasteiger partial charge in [-0.3, -0.25) is 0 Å². The summed E-state index contributed by atoms with van der Waals surface area (Å²) in [7, 11) is -8.49. The van der Waals surface area contributed by atoms with Gasteiger partial charge in [0.15, 0.2) is 25.0 Å². The highest BCUT2D eigenvalue weighted by molar-refractivity contribution is 6.90. The van der Waals surface area contributed by atoms with Crippen LogP contribution in [0.5, 0.6) is 0 Å². The van der Waals surface area contributed by atoms with Crippen LogP contribution in [0.4, 0.5) is 4.79 Å². The molecule has 0 radical (unpaired) electrons. The highest BCUT2D eigenvalue weighted by Gasteiger charge is 2.49. The van der Waals surface area contributed by atoms with Crippen LogP contribution in [0.2, 0.25) is 65.0 Å². The molecule has 6 nitrogen and oxygen atoms in total. The molecule has 0 fully saturated rings. The Labute approximate surface area is 157 Å². The normalized spacial score (nSPS) is 13.5. The Balaban J connectivity index is 5.23. The van der Waals surface area contributed by atoms with Gasteiger partial charge in [-0.1, -0.05) is 6.58 Å². The molecule has 0 saturated carbocycles. The smallest absolute Gasteiger partial charge is 0.434 e. The van der Waals surface area contributed by atoms with E-state index in [1.54, 1.807) is 0 Å². The van der Waals surface area contributed by atoms with Crippen molar-refractivity contribution in [1.82, 2.24) is 0 Å². The van der Waals surface area contributed by atoms with Crippen LogP contribution < -0.4 is 0 Å². The van der Waals surface area contributed by atoms with Crippen molar-refractivity contribution >= 4 is 39.9 Å². The van der Waals surface area contributed by atoms with Gasteiger partial charge in [-0.05, 0) is 65.3 Å². The number of carbonyl (C=O) groups is 1. The van der Waals surface area contributed by atoms with Crippen molar-refractivity contribution in [3.63, 3.8) is 0 Å². The molecule has 0 spiro atoms. The molecule has 0 saturated heterocycles. The second kappa shape index (κ2) is 9.62. The molecule has 0 aromatic heterocycles. The van der Waals surface area contributed by atoms with Gasteiger partial charge < -0.3 is 21.8 Å². The Morgan fingerprint density at radius 1 is 0.840 bits per heavy atom. The number of carbonyl (C=O) groups excluding carboxylic acids is 1. The van der Waals surface area contributed by atoms with Gasteiger partial charge in [-0.2, -0.15) is 0 Å². The van der Waals surface area contributed by atoms with E-state index in [9.17, 15) is 4.79 Å². The van der Waals surface area contributed by atoms with Gasteiger partial charge in [0.25, 0.3) is 0 Å². The molecule has 0 heterocycles. The summed E-state index contributed by atoms with van der Waals surface area (Å²) in [6, 6.07) is 0.632. The maximum atomic E-state index is 11.3. The molecule has 0 aliphatic carbocycles. The second-order valence-electron chi connectivity index (χ2n) is 8.81. The third-order valence-corrected chi connectivity index (χ3v) is 14.5. The summed E-state index contributed by atoms with van der Waals surface area (Å²) >= 11 is 0. The van der Waals surface area contributed by atoms with Gasteiger partial charge in [-0.25, -0.2) is 4.79 Å². The molecule has 25 heavy (non-hydrogen) atoms. The molecule has 0 amide bonds. The summed E-state index contributed by atoms with van der Waals surface area (Å²) in [6.45, 7) is 22.9. The third-order valence-electron chi connectivity index (χ3n) is 2.41. The summed E-state index contributed by atoms with van der Waals surface area (Å²) in [5, 5.41) is 0. The molecule has 0 N–H and O–H groups in total. The van der Waals surface area contributed by atoms with Crippen molar-refractivity contribution in [2.45, 2.75) is 71.4 Å². The van der Waals surface area contributed by atoms with E-state index in [0.29, 0.717) is 12.5 Å². The zero-order chi connectivity index (χ0) is 19.9. The minimum absolute atomic E-state index is 0.237. The van der Waals surface area contributed by atoms with Crippen LogP contribution in [0.25, 0.3) is 0 Å². The lowest BCUT2D eigenvalue weighted by atomic mass is 10.5. The van der Waals surface area contributed by atoms with Crippen LogP contribution in [-0.4, -0.2) is 46.5 Å². The maximum Gasteiger partial charge on any atom is 0.513 e. The fourth-order valence-electron chi connectivity index (χ4n) is 2.16. The summed E-state index contributed by atoms with van der Waals surface area (Å²) in [4.78, 5) is 11.3. The standard InChI is InChI=1S/C15H36O6Si4/c1-11-17-15(16)18-13-12-14-25(19-22(2,3)4,20-23(5,6)7)21-24(8,9)10/h11H,1,12-14H2,2-10H3. The Bertz CT molecular complexity index is 396. The maximum absolute atomic E-state index is 11.3. The molecule has 0 aromatic carbocycles. The second-order valence-corrected chi connectivity index (χ2v) is 25.8. The molecular weight excluding hydrogens is 389 g/mol. The molecule has 0 bridgehead atoms. The number of hydrogen-bond acceptors (Lipinski definition) is 6. The highest BCUT2D eigenvalue weighted by Crippen LogP contribution is 2.29. The first-order chi connectivity index (χ1) is 11.1. The third kappa shape index (κ3) is 13.6. The lowest BCUT2D eigenvalue weighted by Gasteiger charge is -2.42. The number of hydrogen-bond donors (Lipinski definition) is 0. The van der Waals surface area contributed by atoms with E-state index in [1.807, 2.05) is 0 Å². The molecule has 0 unspecified atom stereocenters. The van der Waals surface area contributed by atoms with Crippen molar-refractivity contribution in [1.29, 1.82) is 0 Å². The molecule has 10 heteroatoms. The van der Waals surface area contributed by atoms with Crippen LogP contribution >= 0.6 is 0 Å². The fraction of sp³-hybridized carbons (Fsp3) is 0.800. The van der Waals surface area contributed by atoms with Crippen molar-refractivity contribution in [3.05, 3.63) is 12.8 Å². The van der Waals surface area contributed by atoms with Gasteiger partial charge in [0, 0.05) is 6.04 Å². The van der Waals surface area contributed by atoms with E-state index in [4.69, 9.17) is 17.1 Å². The van der Waals surface area contributed by atoms with Crippen LogP contribution in [0.15, 0.2) is 12.8 Å². The predicted molar refractivity (Wildman–Crippen MR) is 111 cm³/mol. The van der Waals surface area contributed by atoms with E-state index in [2.05, 4.69) is 70.2 Å². The fourth-order valence-corrected chi connectivity index (χ4v) is 16.8. The van der Waals surface area contributed by atoms with Crippen molar-refractivity contribution in [2.75, 3.05) is 6.61 Å². The molecular formula is C15H36O6Si4. The largest absolute Gasteiger partial charge is 0.513 e. The first-order valence-electron chi connectivity index (χ1n) is 8.62. The SMILES string of the molecule is C=COC(=O)OCCC[Si](O[Si](C)(C)C)(O[Si](C)(C)C)O[Si](C)(C)C. The number of rotatable bonds is 11. The minimum atomic E-state index is -2.86. The molecule has 0 rings (SSSR count). The van der Waals surface area contributed by atoms with Crippen molar-refractivity contribution < 1.29 is 26.6 Å². The van der Waals surface area contributed by atoms with Crippen molar-refractivity contribution in [2.24, 2.45) is 0 Å². The summed E-state index contributed by atoms with van der Waals surface area (Å²) in [5.74, 6) is 0. The van der Waals surface area contributed by atoms with Crippen LogP contribution in [-0.2, 0) is 21.8 Å². The van der Waals surface area contributed by atoms with Gasteiger partial charge in [0.1, 0.15) is 0 Å². The summed E-state index contributed by atoms with van der Waals surface area (Å²) in [6.07, 6.45) is 0.918. The summed E-state index contributed by atoms with van der Waals surface area (Å²) < 4.78 is 29.2. The zero-order valence-electron chi connectivity index (χ0n) is 17.4. The highest BCUT2D eigenvalue weighted by atomic mass is 28.5. The molecule has 0 aliphatic rings. The van der Waals surface area contributed by atoms with Gasteiger partial charge in [0.05, 0.1) is 12.9 Å². The molecule has 148 valence electrons. The van der Waals surface area contributed by atoms with Crippen molar-refractivity contribution in [3.8, 4) is 0 Å². The Hall–Kier alpha value is -0.242. The van der Waals surface area contributed by atoms with E-state index in [-0.39, 0.29) is 6.61 Å². The van der Waals surface area contributed by atoms with Crippen LogP contribution in [0.1, 0.15) is 6.42 Å². The first kappa shape index (κ1) is 24.8. The zero-order valence-corrected chi connectivity index (χ0v) is 21.4. The van der Waals surface area contributed by atoms with E-state index in [0.717, 1.165) is 6.26 Å².